The van der Waals surface area contributed by atoms with E-state index in [0.717, 1.165) is 12.8 Å². The van der Waals surface area contributed by atoms with Gasteiger partial charge >= 0.3 is 0 Å². The van der Waals surface area contributed by atoms with Gasteiger partial charge in [0, 0.05) is 17.7 Å². The Morgan fingerprint density at radius 3 is 2.24 bits per heavy atom. The summed E-state index contributed by atoms with van der Waals surface area (Å²) in [5, 5.41) is 14.5. The van der Waals surface area contributed by atoms with Crippen LogP contribution in [0.3, 0.4) is 0 Å². The maximum Gasteiger partial charge on any atom is 0.272 e. The lowest BCUT2D eigenvalue weighted by Crippen LogP contribution is -2.41. The SMILES string of the molecule is CC1(Nc2c(Cl)cc([N+](=O)[O-])cc2Cl)CCC1. The van der Waals surface area contributed by atoms with Crippen molar-refractivity contribution in [1.82, 2.24) is 0 Å². The quantitative estimate of drug-likeness (QED) is 0.662. The Balaban J connectivity index is 2.31. The molecule has 1 aliphatic carbocycles. The summed E-state index contributed by atoms with van der Waals surface area (Å²) in [7, 11) is 0. The van der Waals surface area contributed by atoms with Crippen molar-refractivity contribution < 1.29 is 4.92 Å². The van der Waals surface area contributed by atoms with Crippen molar-refractivity contribution >= 4 is 34.6 Å². The smallest absolute Gasteiger partial charge is 0.272 e. The van der Waals surface area contributed by atoms with Crippen molar-refractivity contribution in [2.75, 3.05) is 5.32 Å². The van der Waals surface area contributed by atoms with Gasteiger partial charge in [-0.3, -0.25) is 10.1 Å². The van der Waals surface area contributed by atoms with E-state index in [0.29, 0.717) is 5.69 Å². The molecule has 0 saturated heterocycles. The lowest BCUT2D eigenvalue weighted by molar-refractivity contribution is -0.384. The van der Waals surface area contributed by atoms with Gasteiger partial charge in [-0.15, -0.1) is 0 Å². The molecule has 0 radical (unpaired) electrons. The molecule has 0 aromatic heterocycles. The third kappa shape index (κ3) is 2.48. The van der Waals surface area contributed by atoms with Crippen LogP contribution in [0.1, 0.15) is 26.2 Å². The number of halogens is 2. The Hall–Kier alpha value is -1.00. The largest absolute Gasteiger partial charge is 0.377 e. The van der Waals surface area contributed by atoms with Gasteiger partial charge in [-0.25, -0.2) is 0 Å². The first kappa shape index (κ1) is 12.5. The summed E-state index contributed by atoms with van der Waals surface area (Å²) < 4.78 is 0. The summed E-state index contributed by atoms with van der Waals surface area (Å²) in [6.07, 6.45) is 3.28. The van der Waals surface area contributed by atoms with Crippen LogP contribution >= 0.6 is 23.2 Å². The first-order valence-corrected chi connectivity index (χ1v) is 6.08. The van der Waals surface area contributed by atoms with Crippen molar-refractivity contribution in [3.8, 4) is 0 Å². The minimum Gasteiger partial charge on any atom is -0.377 e. The van der Waals surface area contributed by atoms with Gasteiger partial charge < -0.3 is 5.32 Å². The number of nitro groups is 1. The van der Waals surface area contributed by atoms with Crippen LogP contribution in [0.15, 0.2) is 12.1 Å². The van der Waals surface area contributed by atoms with E-state index in [2.05, 4.69) is 12.2 Å². The van der Waals surface area contributed by atoms with E-state index in [1.54, 1.807) is 0 Å². The molecule has 1 fully saturated rings. The molecule has 0 aliphatic heterocycles. The molecule has 0 amide bonds. The normalized spacial score (nSPS) is 17.4. The lowest BCUT2D eigenvalue weighted by atomic mass is 9.78. The number of nitrogens with one attached hydrogen (secondary N) is 1. The average molecular weight is 275 g/mol. The summed E-state index contributed by atoms with van der Waals surface area (Å²) in [5.41, 5.74) is 0.495. The highest BCUT2D eigenvalue weighted by atomic mass is 35.5. The molecule has 0 spiro atoms. The monoisotopic (exact) mass is 274 g/mol. The van der Waals surface area contributed by atoms with Crippen molar-refractivity contribution in [1.29, 1.82) is 0 Å². The highest BCUT2D eigenvalue weighted by molar-refractivity contribution is 6.39. The van der Waals surface area contributed by atoms with Gasteiger partial charge in [0.1, 0.15) is 0 Å². The Kier molecular flexibility index (Phi) is 3.19. The fourth-order valence-corrected chi connectivity index (χ4v) is 2.49. The van der Waals surface area contributed by atoms with Gasteiger partial charge in [0.2, 0.25) is 0 Å². The number of nitrogens with zero attached hydrogens (tertiary/aromatic N) is 1. The fraction of sp³-hybridized carbons (Fsp3) is 0.455. The first-order chi connectivity index (χ1) is 7.91. The molecule has 4 nitrogen and oxygen atoms in total. The Labute approximate surface area is 109 Å². The summed E-state index contributed by atoms with van der Waals surface area (Å²) in [5.74, 6) is 0. The minimum atomic E-state index is -0.507. The number of hydrogen-bond acceptors (Lipinski definition) is 3. The number of hydrogen-bond donors (Lipinski definition) is 1. The minimum absolute atomic E-state index is 0.00339. The van der Waals surface area contributed by atoms with Crippen LogP contribution in [0.25, 0.3) is 0 Å². The summed E-state index contributed by atoms with van der Waals surface area (Å²) in [4.78, 5) is 10.1. The third-order valence-corrected chi connectivity index (χ3v) is 3.72. The number of benzene rings is 1. The summed E-state index contributed by atoms with van der Waals surface area (Å²) in [6.45, 7) is 2.09. The fourth-order valence-electron chi connectivity index (χ4n) is 1.92. The van der Waals surface area contributed by atoms with Gasteiger partial charge in [0.05, 0.1) is 20.7 Å². The molecule has 6 heteroatoms. The Morgan fingerprint density at radius 2 is 1.88 bits per heavy atom. The summed E-state index contributed by atoms with van der Waals surface area (Å²) in [6, 6.07) is 2.63. The molecule has 0 bridgehead atoms. The van der Waals surface area contributed by atoms with Crippen LogP contribution < -0.4 is 5.32 Å². The molecular weight excluding hydrogens is 263 g/mol. The van der Waals surface area contributed by atoms with Crippen LogP contribution in [-0.4, -0.2) is 10.5 Å². The van der Waals surface area contributed by atoms with Crippen molar-refractivity contribution in [3.63, 3.8) is 0 Å². The van der Waals surface area contributed by atoms with E-state index >= 15 is 0 Å². The number of non-ortho nitro benzene ring substituents is 1. The molecule has 1 saturated carbocycles. The molecule has 0 atom stereocenters. The maximum absolute atomic E-state index is 10.6. The molecular formula is C11H12Cl2N2O2. The summed E-state index contributed by atoms with van der Waals surface area (Å²) >= 11 is 12.0. The Bertz CT molecular complexity index is 450. The van der Waals surface area contributed by atoms with Crippen molar-refractivity contribution in [3.05, 3.63) is 32.3 Å². The second-order valence-electron chi connectivity index (χ2n) is 4.58. The van der Waals surface area contributed by atoms with Crippen LogP contribution in [-0.2, 0) is 0 Å². The Morgan fingerprint density at radius 1 is 1.35 bits per heavy atom. The molecule has 2 rings (SSSR count). The van der Waals surface area contributed by atoms with Crippen LogP contribution in [0.5, 0.6) is 0 Å². The topological polar surface area (TPSA) is 55.2 Å². The maximum atomic E-state index is 10.6. The number of rotatable bonds is 3. The highest BCUT2D eigenvalue weighted by Crippen LogP contribution is 2.41. The molecule has 1 N–H and O–H groups in total. The predicted octanol–water partition coefficient (Wildman–Crippen LogP) is 4.26. The zero-order valence-electron chi connectivity index (χ0n) is 9.30. The average Bonchev–Trinajstić information content (AvgIpc) is 2.20. The second kappa shape index (κ2) is 4.35. The van der Waals surface area contributed by atoms with Gasteiger partial charge in [-0.05, 0) is 26.2 Å². The van der Waals surface area contributed by atoms with Crippen LogP contribution in [0, 0.1) is 10.1 Å². The van der Waals surface area contributed by atoms with Crippen molar-refractivity contribution in [2.45, 2.75) is 31.7 Å². The molecule has 92 valence electrons. The van der Waals surface area contributed by atoms with Gasteiger partial charge in [0.25, 0.3) is 5.69 Å². The van der Waals surface area contributed by atoms with E-state index in [9.17, 15) is 10.1 Å². The third-order valence-electron chi connectivity index (χ3n) is 3.12. The molecule has 1 aromatic rings. The number of anilines is 1. The van der Waals surface area contributed by atoms with Gasteiger partial charge in [0.15, 0.2) is 0 Å². The molecule has 0 heterocycles. The van der Waals surface area contributed by atoms with Crippen LogP contribution in [0.4, 0.5) is 11.4 Å². The molecule has 1 aliphatic rings. The second-order valence-corrected chi connectivity index (χ2v) is 5.40. The van der Waals surface area contributed by atoms with E-state index in [1.165, 1.54) is 18.6 Å². The van der Waals surface area contributed by atoms with Gasteiger partial charge in [-0.2, -0.15) is 0 Å². The zero-order valence-corrected chi connectivity index (χ0v) is 10.8. The lowest BCUT2D eigenvalue weighted by Gasteiger charge is -2.40. The van der Waals surface area contributed by atoms with E-state index in [-0.39, 0.29) is 21.3 Å². The van der Waals surface area contributed by atoms with Crippen LogP contribution in [0.2, 0.25) is 10.0 Å². The molecule has 0 unspecified atom stereocenters. The highest BCUT2D eigenvalue weighted by Gasteiger charge is 2.32. The van der Waals surface area contributed by atoms with E-state index in [1.807, 2.05) is 0 Å². The standard InChI is InChI=1S/C11H12Cl2N2O2/c1-11(3-2-4-11)14-10-8(12)5-7(15(16)17)6-9(10)13/h5-6,14H,2-4H2,1H3. The van der Waals surface area contributed by atoms with Gasteiger partial charge in [-0.1, -0.05) is 23.2 Å². The molecule has 17 heavy (non-hydrogen) atoms. The molecule has 1 aromatic carbocycles. The van der Waals surface area contributed by atoms with E-state index < -0.39 is 4.92 Å². The van der Waals surface area contributed by atoms with E-state index in [4.69, 9.17) is 23.2 Å². The number of nitro benzene ring substituents is 1. The zero-order chi connectivity index (χ0) is 12.6. The predicted molar refractivity (Wildman–Crippen MR) is 69.0 cm³/mol. The first-order valence-electron chi connectivity index (χ1n) is 5.33. The van der Waals surface area contributed by atoms with Crippen molar-refractivity contribution in [2.24, 2.45) is 0 Å².